The number of ether oxygens (including phenoxy) is 2. The molecule has 0 saturated carbocycles. The van der Waals surface area contributed by atoms with Gasteiger partial charge in [-0.25, -0.2) is 9.48 Å². The lowest BCUT2D eigenvalue weighted by Crippen LogP contribution is -2.16. The van der Waals surface area contributed by atoms with Crippen LogP contribution in [0.1, 0.15) is 27.9 Å². The van der Waals surface area contributed by atoms with Crippen molar-refractivity contribution in [3.8, 4) is 11.4 Å². The molecule has 0 saturated heterocycles. The molecule has 1 atom stereocenters. The summed E-state index contributed by atoms with van der Waals surface area (Å²) in [6.07, 6.45) is 0. The number of esters is 1. The van der Waals surface area contributed by atoms with E-state index in [0.717, 1.165) is 38.0 Å². The van der Waals surface area contributed by atoms with Crippen molar-refractivity contribution in [3.05, 3.63) is 75.8 Å². The molecule has 9 heteroatoms. The number of thioether (sulfide) groups is 1. The fourth-order valence-electron chi connectivity index (χ4n) is 3.67. The molecule has 0 bridgehead atoms. The van der Waals surface area contributed by atoms with Crippen molar-refractivity contribution in [1.29, 1.82) is 0 Å². The molecule has 0 fully saturated rings. The molecular weight excluding hydrogens is 490 g/mol. The highest BCUT2D eigenvalue weighted by atomic mass is 35.5. The van der Waals surface area contributed by atoms with E-state index in [0.29, 0.717) is 29.7 Å². The summed E-state index contributed by atoms with van der Waals surface area (Å²) in [5.41, 5.74) is 2.81. The van der Waals surface area contributed by atoms with Crippen molar-refractivity contribution in [3.63, 3.8) is 0 Å². The van der Waals surface area contributed by atoms with Crippen LogP contribution < -0.4 is 4.74 Å². The predicted octanol–water partition coefficient (Wildman–Crippen LogP) is 6.17. The number of halogens is 1. The summed E-state index contributed by atoms with van der Waals surface area (Å²) in [4.78, 5) is 18.9. The maximum atomic E-state index is 12.8. The average molecular weight is 512 g/mol. The van der Waals surface area contributed by atoms with Crippen LogP contribution in [0.15, 0.2) is 59.6 Å². The minimum Gasteiger partial charge on any atom is -0.494 e. The van der Waals surface area contributed by atoms with Gasteiger partial charge in [-0.1, -0.05) is 23.4 Å². The van der Waals surface area contributed by atoms with Crippen LogP contribution in [0.25, 0.3) is 15.9 Å². The molecule has 0 spiro atoms. The Morgan fingerprint density at radius 3 is 2.68 bits per heavy atom. The van der Waals surface area contributed by atoms with E-state index in [4.69, 9.17) is 21.1 Å². The largest absolute Gasteiger partial charge is 0.494 e. The highest BCUT2D eigenvalue weighted by Crippen LogP contribution is 2.32. The summed E-state index contributed by atoms with van der Waals surface area (Å²) in [7, 11) is 0. The highest BCUT2D eigenvalue weighted by Gasteiger charge is 2.24. The number of aromatic nitrogens is 2. The molecule has 3 heterocycles. The first kappa shape index (κ1) is 23.0. The van der Waals surface area contributed by atoms with Gasteiger partial charge in [-0.2, -0.15) is 5.10 Å². The summed E-state index contributed by atoms with van der Waals surface area (Å²) < 4.78 is 13.0. The molecule has 0 aliphatic carbocycles. The Kier molecular flexibility index (Phi) is 6.63. The van der Waals surface area contributed by atoms with Crippen molar-refractivity contribution in [1.82, 2.24) is 9.78 Å². The molecule has 6 nitrogen and oxygen atoms in total. The van der Waals surface area contributed by atoms with Crippen LogP contribution in [0.3, 0.4) is 0 Å². The van der Waals surface area contributed by atoms with E-state index in [1.807, 2.05) is 73.1 Å². The second-order valence-corrected chi connectivity index (χ2v) is 10.5. The number of hydrogen-bond acceptors (Lipinski definition) is 7. The monoisotopic (exact) mass is 511 g/mol. The first-order valence-electron chi connectivity index (χ1n) is 10.9. The molecule has 0 amide bonds. The summed E-state index contributed by atoms with van der Waals surface area (Å²) in [6.45, 7) is 5.47. The topological polar surface area (TPSA) is 65.7 Å². The Hall–Kier alpha value is -2.81. The van der Waals surface area contributed by atoms with E-state index in [1.165, 1.54) is 11.3 Å². The Labute approximate surface area is 210 Å². The first-order chi connectivity index (χ1) is 16.5. The van der Waals surface area contributed by atoms with Crippen molar-refractivity contribution >= 4 is 55.9 Å². The van der Waals surface area contributed by atoms with E-state index >= 15 is 0 Å². The lowest BCUT2D eigenvalue weighted by atomic mass is 10.2. The molecule has 0 radical (unpaired) electrons. The Morgan fingerprint density at radius 2 is 1.94 bits per heavy atom. The van der Waals surface area contributed by atoms with Crippen LogP contribution in [0.5, 0.6) is 5.75 Å². The Morgan fingerprint density at radius 1 is 1.18 bits per heavy atom. The molecule has 0 unspecified atom stereocenters. The third-order valence-electron chi connectivity index (χ3n) is 5.35. The minimum absolute atomic E-state index is 0.103. The second kappa shape index (κ2) is 9.82. The Bertz CT molecular complexity index is 1360. The molecule has 2 aromatic heterocycles. The van der Waals surface area contributed by atoms with Gasteiger partial charge in [0.15, 0.2) is 0 Å². The van der Waals surface area contributed by atoms with Gasteiger partial charge in [0, 0.05) is 16.0 Å². The Balaban J connectivity index is 1.22. The summed E-state index contributed by atoms with van der Waals surface area (Å²) in [6, 6.07) is 17.2. The summed E-state index contributed by atoms with van der Waals surface area (Å²) in [5.74, 6) is 0.524. The third kappa shape index (κ3) is 4.71. The predicted molar refractivity (Wildman–Crippen MR) is 139 cm³/mol. The van der Waals surface area contributed by atoms with E-state index < -0.39 is 0 Å². The zero-order chi connectivity index (χ0) is 23.7. The van der Waals surface area contributed by atoms with Gasteiger partial charge in [0.1, 0.15) is 22.1 Å². The van der Waals surface area contributed by atoms with Crippen LogP contribution in [0.4, 0.5) is 0 Å². The van der Waals surface area contributed by atoms with E-state index in [-0.39, 0.29) is 11.2 Å². The number of carbonyl (C=O) groups is 1. The molecule has 5 rings (SSSR count). The van der Waals surface area contributed by atoms with Crippen molar-refractivity contribution in [2.24, 2.45) is 4.99 Å². The normalized spacial score (nSPS) is 15.5. The summed E-state index contributed by atoms with van der Waals surface area (Å²) >= 11 is 9.04. The van der Waals surface area contributed by atoms with E-state index in [1.54, 1.807) is 11.8 Å². The van der Waals surface area contributed by atoms with Crippen LogP contribution >= 0.6 is 34.7 Å². The molecule has 0 N–H and O–H groups in total. The van der Waals surface area contributed by atoms with Gasteiger partial charge in [-0.05, 0) is 68.4 Å². The maximum Gasteiger partial charge on any atom is 0.348 e. The minimum atomic E-state index is -0.321. The number of benzene rings is 2. The van der Waals surface area contributed by atoms with Gasteiger partial charge >= 0.3 is 5.97 Å². The zero-order valence-electron chi connectivity index (χ0n) is 18.7. The van der Waals surface area contributed by atoms with E-state index in [2.05, 4.69) is 10.1 Å². The van der Waals surface area contributed by atoms with Crippen LogP contribution in [-0.2, 0) is 4.74 Å². The smallest absolute Gasteiger partial charge is 0.348 e. The van der Waals surface area contributed by atoms with Gasteiger partial charge in [-0.15, -0.1) is 11.3 Å². The van der Waals surface area contributed by atoms with Gasteiger partial charge in [0.25, 0.3) is 0 Å². The molecule has 4 aromatic rings. The maximum absolute atomic E-state index is 12.8. The zero-order valence-corrected chi connectivity index (χ0v) is 21.0. The van der Waals surface area contributed by atoms with E-state index in [9.17, 15) is 4.79 Å². The molecule has 2 aromatic carbocycles. The van der Waals surface area contributed by atoms with Crippen LogP contribution in [0.2, 0.25) is 5.02 Å². The molecule has 174 valence electrons. The first-order valence-corrected chi connectivity index (χ1v) is 13.0. The molecule has 1 aliphatic heterocycles. The number of rotatable bonds is 7. The molecule has 1 aliphatic rings. The SMILES string of the molecule is CCOc1ccc(C2=NC[C@H](COC(=O)c3cc4c(C)nn(-c5ccc(Cl)cc5)c4s3)S2)cc1. The van der Waals surface area contributed by atoms with Crippen molar-refractivity contribution < 1.29 is 14.3 Å². The second-order valence-electron chi connectivity index (χ2n) is 7.74. The van der Waals surface area contributed by atoms with Crippen LogP contribution in [-0.4, -0.2) is 45.8 Å². The molecule has 34 heavy (non-hydrogen) atoms. The fourth-order valence-corrected chi connectivity index (χ4v) is 5.89. The molecular formula is C25H22ClN3O3S2. The highest BCUT2D eigenvalue weighted by molar-refractivity contribution is 8.15. The fraction of sp³-hybridized carbons (Fsp3) is 0.240. The van der Waals surface area contributed by atoms with Gasteiger partial charge in [0.05, 0.1) is 34.8 Å². The number of nitrogens with zero attached hydrogens (tertiary/aromatic N) is 3. The van der Waals surface area contributed by atoms with Gasteiger partial charge in [0.2, 0.25) is 0 Å². The number of aryl methyl sites for hydroxylation is 1. The standard InChI is InChI=1S/C25H22ClN3O3S2/c1-3-31-19-10-4-16(5-11-19)23-27-13-20(33-23)14-32-25(30)22-12-21-15(2)28-29(24(21)34-22)18-8-6-17(26)7-9-18/h4-12,20H,3,13-14H2,1-2H3/t20-/m1/s1. The van der Waals surface area contributed by atoms with Crippen molar-refractivity contribution in [2.75, 3.05) is 19.8 Å². The summed E-state index contributed by atoms with van der Waals surface area (Å²) in [5, 5.41) is 7.30. The average Bonchev–Trinajstić information content (AvgIpc) is 3.56. The van der Waals surface area contributed by atoms with Crippen LogP contribution in [0, 0.1) is 6.92 Å². The quantitative estimate of drug-likeness (QED) is 0.278. The van der Waals surface area contributed by atoms with Gasteiger partial charge in [-0.3, -0.25) is 4.99 Å². The number of carbonyl (C=O) groups excluding carboxylic acids is 1. The number of aliphatic imine (C=N–C) groups is 1. The number of hydrogen-bond donors (Lipinski definition) is 0. The third-order valence-corrected chi connectivity index (χ3v) is 7.90. The number of fused-ring (bicyclic) bond motifs is 1. The van der Waals surface area contributed by atoms with Crippen molar-refractivity contribution in [2.45, 2.75) is 19.1 Å². The van der Waals surface area contributed by atoms with Gasteiger partial charge < -0.3 is 9.47 Å². The number of thiophene rings is 1. The lowest BCUT2D eigenvalue weighted by Gasteiger charge is -2.09. The lowest BCUT2D eigenvalue weighted by molar-refractivity contribution is 0.0515.